The second-order valence-corrected chi connectivity index (χ2v) is 8.41. The van der Waals surface area contributed by atoms with E-state index in [1.807, 2.05) is 55.5 Å². The fourth-order valence-corrected chi connectivity index (χ4v) is 3.69. The van der Waals surface area contributed by atoms with Crippen molar-refractivity contribution in [1.82, 2.24) is 10.6 Å². The summed E-state index contributed by atoms with van der Waals surface area (Å²) in [4.78, 5) is 12.4. The van der Waals surface area contributed by atoms with Gasteiger partial charge < -0.3 is 15.7 Å². The Morgan fingerprint density at radius 1 is 1.27 bits per heavy atom. The number of rotatable bonds is 6. The van der Waals surface area contributed by atoms with E-state index < -0.39 is 5.54 Å². The van der Waals surface area contributed by atoms with Crippen molar-refractivity contribution in [3.8, 4) is 0 Å². The molecule has 26 heavy (non-hydrogen) atoms. The van der Waals surface area contributed by atoms with Crippen LogP contribution in [0.25, 0.3) is 0 Å². The molecule has 4 nitrogen and oxygen atoms in total. The first-order chi connectivity index (χ1) is 12.4. The van der Waals surface area contributed by atoms with Crippen LogP contribution < -0.4 is 10.6 Å². The summed E-state index contributed by atoms with van der Waals surface area (Å²) in [5.41, 5.74) is 1.39. The van der Waals surface area contributed by atoms with Crippen LogP contribution in [-0.2, 0) is 6.42 Å². The molecule has 1 aliphatic carbocycles. The van der Waals surface area contributed by atoms with Crippen LogP contribution >= 0.6 is 27.5 Å². The summed E-state index contributed by atoms with van der Waals surface area (Å²) in [6.07, 6.45) is 1.42. The summed E-state index contributed by atoms with van der Waals surface area (Å²) in [7, 11) is 0. The van der Waals surface area contributed by atoms with Crippen LogP contribution in [0.15, 0.2) is 53.0 Å². The minimum Gasteiger partial charge on any atom is -0.394 e. The van der Waals surface area contributed by atoms with E-state index in [0.29, 0.717) is 6.42 Å². The lowest BCUT2D eigenvalue weighted by molar-refractivity contribution is 0.170. The number of aliphatic hydroxyl groups is 1. The third kappa shape index (κ3) is 4.78. The van der Waals surface area contributed by atoms with Crippen molar-refractivity contribution >= 4 is 33.6 Å². The molecule has 2 aromatic rings. The molecule has 0 aliphatic heterocycles. The molecular formula is C20H22BrClN2O2. The minimum atomic E-state index is -0.729. The van der Waals surface area contributed by atoms with Crippen LogP contribution in [0.4, 0.5) is 4.79 Å². The summed E-state index contributed by atoms with van der Waals surface area (Å²) in [5, 5.41) is 16.4. The molecule has 6 heteroatoms. The molecule has 3 atom stereocenters. The van der Waals surface area contributed by atoms with E-state index in [4.69, 9.17) is 11.6 Å². The van der Waals surface area contributed by atoms with Gasteiger partial charge in [-0.05, 0) is 49.1 Å². The number of halogens is 2. The van der Waals surface area contributed by atoms with Gasteiger partial charge in [0.25, 0.3) is 0 Å². The molecular weight excluding hydrogens is 416 g/mol. The molecule has 0 spiro atoms. The molecule has 2 aromatic carbocycles. The van der Waals surface area contributed by atoms with Crippen LogP contribution in [-0.4, -0.2) is 29.3 Å². The van der Waals surface area contributed by atoms with E-state index in [2.05, 4.69) is 26.6 Å². The molecule has 1 fully saturated rings. The van der Waals surface area contributed by atoms with Crippen molar-refractivity contribution < 1.29 is 9.90 Å². The van der Waals surface area contributed by atoms with E-state index in [1.165, 1.54) is 0 Å². The van der Waals surface area contributed by atoms with Crippen LogP contribution in [0, 0.1) is 0 Å². The van der Waals surface area contributed by atoms with Crippen LogP contribution in [0.5, 0.6) is 0 Å². The van der Waals surface area contributed by atoms with Crippen molar-refractivity contribution in [3.63, 3.8) is 0 Å². The van der Waals surface area contributed by atoms with Crippen LogP contribution in [0.3, 0.4) is 0 Å². The predicted molar refractivity (Wildman–Crippen MR) is 108 cm³/mol. The molecule has 3 N–H and O–H groups in total. The van der Waals surface area contributed by atoms with Gasteiger partial charge in [-0.3, -0.25) is 0 Å². The first-order valence-electron chi connectivity index (χ1n) is 8.58. The molecule has 1 unspecified atom stereocenters. The molecule has 0 heterocycles. The van der Waals surface area contributed by atoms with Gasteiger partial charge in [0, 0.05) is 21.5 Å². The average molecular weight is 438 g/mol. The fourth-order valence-electron chi connectivity index (χ4n) is 3.15. The maximum atomic E-state index is 12.4. The Morgan fingerprint density at radius 3 is 2.62 bits per heavy atom. The number of amides is 2. The molecule has 0 aromatic heterocycles. The lowest BCUT2D eigenvalue weighted by Crippen LogP contribution is -2.54. The van der Waals surface area contributed by atoms with E-state index in [1.54, 1.807) is 0 Å². The maximum absolute atomic E-state index is 12.4. The van der Waals surface area contributed by atoms with Crippen molar-refractivity contribution in [2.45, 2.75) is 37.3 Å². The van der Waals surface area contributed by atoms with Gasteiger partial charge >= 0.3 is 6.03 Å². The number of hydrogen-bond donors (Lipinski definition) is 3. The number of benzene rings is 2. The largest absolute Gasteiger partial charge is 0.394 e. The monoisotopic (exact) mass is 436 g/mol. The second-order valence-electron chi connectivity index (χ2n) is 7.09. The second kappa shape index (κ2) is 7.99. The van der Waals surface area contributed by atoms with Gasteiger partial charge in [-0.15, -0.1) is 0 Å². The molecule has 0 radical (unpaired) electrons. The van der Waals surface area contributed by atoms with Crippen molar-refractivity contribution in [1.29, 1.82) is 0 Å². The zero-order chi connectivity index (χ0) is 18.7. The van der Waals surface area contributed by atoms with E-state index >= 15 is 0 Å². The topological polar surface area (TPSA) is 61.4 Å². The third-order valence-electron chi connectivity index (χ3n) is 4.68. The highest BCUT2D eigenvalue weighted by atomic mass is 79.9. The summed E-state index contributed by atoms with van der Waals surface area (Å²) in [5.74, 6) is 0.251. The Morgan fingerprint density at radius 2 is 1.96 bits per heavy atom. The number of carbonyl (C=O) groups is 1. The highest BCUT2D eigenvalue weighted by Gasteiger charge is 2.41. The first kappa shape index (κ1) is 19.2. The van der Waals surface area contributed by atoms with E-state index in [9.17, 15) is 9.90 Å². The summed E-state index contributed by atoms with van der Waals surface area (Å²) in [6.45, 7) is 1.70. The van der Waals surface area contributed by atoms with E-state index in [0.717, 1.165) is 27.0 Å². The maximum Gasteiger partial charge on any atom is 0.315 e. The quantitative estimate of drug-likeness (QED) is 0.632. The summed E-state index contributed by atoms with van der Waals surface area (Å²) >= 11 is 9.63. The molecule has 1 saturated carbocycles. The third-order valence-corrected chi connectivity index (χ3v) is 5.56. The SMILES string of the molecule is CC(CO)(Cc1ccc(Br)cc1)NC(=O)N[C@@H]1C[C@H]1c1ccccc1Cl. The molecule has 0 saturated heterocycles. The van der Waals surface area contributed by atoms with Crippen molar-refractivity contribution in [3.05, 3.63) is 69.2 Å². The zero-order valence-corrected chi connectivity index (χ0v) is 16.8. The van der Waals surface area contributed by atoms with Gasteiger partial charge in [0.2, 0.25) is 0 Å². The minimum absolute atomic E-state index is 0.0746. The first-order valence-corrected chi connectivity index (χ1v) is 9.76. The van der Waals surface area contributed by atoms with Crippen molar-refractivity contribution in [2.24, 2.45) is 0 Å². The Balaban J connectivity index is 1.56. The fraction of sp³-hybridized carbons (Fsp3) is 0.350. The predicted octanol–water partition coefficient (Wildman–Crippen LogP) is 4.25. The van der Waals surface area contributed by atoms with Crippen LogP contribution in [0.1, 0.15) is 30.4 Å². The average Bonchev–Trinajstić information content (AvgIpc) is 3.36. The number of carbonyl (C=O) groups excluding carboxylic acids is 1. The molecule has 0 bridgehead atoms. The molecule has 2 amide bonds. The Kier molecular flexibility index (Phi) is 5.90. The highest BCUT2D eigenvalue weighted by molar-refractivity contribution is 9.10. The smallest absolute Gasteiger partial charge is 0.315 e. The Bertz CT molecular complexity index is 784. The highest BCUT2D eigenvalue weighted by Crippen LogP contribution is 2.43. The number of nitrogens with one attached hydrogen (secondary N) is 2. The lowest BCUT2D eigenvalue weighted by Gasteiger charge is -2.29. The van der Waals surface area contributed by atoms with Gasteiger partial charge in [0.05, 0.1) is 12.1 Å². The zero-order valence-electron chi connectivity index (χ0n) is 14.5. The molecule has 3 rings (SSSR count). The normalized spacial score (nSPS) is 20.9. The van der Waals surface area contributed by atoms with Crippen molar-refractivity contribution in [2.75, 3.05) is 6.61 Å². The summed E-state index contributed by atoms with van der Waals surface area (Å²) in [6, 6.07) is 15.4. The van der Waals surface area contributed by atoms with Gasteiger partial charge in [-0.2, -0.15) is 0 Å². The number of urea groups is 1. The lowest BCUT2D eigenvalue weighted by atomic mass is 9.94. The number of hydrogen-bond acceptors (Lipinski definition) is 2. The Hall–Kier alpha value is -1.56. The number of aliphatic hydroxyl groups excluding tert-OH is 1. The van der Waals surface area contributed by atoms with Gasteiger partial charge in [-0.1, -0.05) is 57.9 Å². The van der Waals surface area contributed by atoms with Gasteiger partial charge in [0.15, 0.2) is 0 Å². The Labute approximate surface area is 167 Å². The standard InChI is InChI=1S/C20H22BrClN2O2/c1-20(12-25,11-13-6-8-14(21)9-7-13)24-19(26)23-18-10-16(18)15-4-2-3-5-17(15)22/h2-9,16,18,25H,10-12H2,1H3,(H2,23,24,26)/t16-,18+,20?/m0/s1. The van der Waals surface area contributed by atoms with E-state index in [-0.39, 0.29) is 24.6 Å². The molecule has 1 aliphatic rings. The molecule has 138 valence electrons. The van der Waals surface area contributed by atoms with Gasteiger partial charge in [0.1, 0.15) is 0 Å². The van der Waals surface area contributed by atoms with Gasteiger partial charge in [-0.25, -0.2) is 4.79 Å². The summed E-state index contributed by atoms with van der Waals surface area (Å²) < 4.78 is 0.997. The van der Waals surface area contributed by atoms with Crippen LogP contribution in [0.2, 0.25) is 5.02 Å².